The van der Waals surface area contributed by atoms with Crippen LogP contribution in [0.1, 0.15) is 24.0 Å². The Kier molecular flexibility index (Phi) is 4.45. The van der Waals surface area contributed by atoms with Gasteiger partial charge in [0.15, 0.2) is 9.84 Å². The van der Waals surface area contributed by atoms with Crippen molar-refractivity contribution in [3.05, 3.63) is 53.4 Å². The number of hydrogen-bond donors (Lipinski definition) is 3. The summed E-state index contributed by atoms with van der Waals surface area (Å²) < 4.78 is 23.2. The number of likely N-dealkylation sites (tertiary alicyclic amines) is 1. The van der Waals surface area contributed by atoms with Crippen molar-refractivity contribution < 1.29 is 8.42 Å². The van der Waals surface area contributed by atoms with Crippen LogP contribution in [0.15, 0.2) is 52.1 Å². The van der Waals surface area contributed by atoms with Gasteiger partial charge in [0, 0.05) is 30.5 Å². The van der Waals surface area contributed by atoms with E-state index >= 15 is 0 Å². The average Bonchev–Trinajstić information content (AvgIpc) is 3.34. The van der Waals surface area contributed by atoms with E-state index < -0.39 is 9.84 Å². The van der Waals surface area contributed by atoms with E-state index in [1.54, 1.807) is 18.5 Å². The third-order valence-electron chi connectivity index (χ3n) is 5.84. The van der Waals surface area contributed by atoms with Crippen molar-refractivity contribution in [2.75, 3.05) is 19.3 Å². The number of aliphatic imine (C=N–C) groups is 1. The molecule has 5 rings (SSSR count). The molecule has 152 valence electrons. The van der Waals surface area contributed by atoms with E-state index in [0.29, 0.717) is 10.8 Å². The molecule has 0 atom stereocenters. The number of nitrogens with zero attached hydrogens (tertiary/aromatic N) is 3. The molecule has 8 nitrogen and oxygen atoms in total. The van der Waals surface area contributed by atoms with Crippen molar-refractivity contribution in [2.24, 2.45) is 10.9 Å². The maximum Gasteiger partial charge on any atom is 0.175 e. The van der Waals surface area contributed by atoms with Crippen LogP contribution in [0.25, 0.3) is 5.70 Å². The van der Waals surface area contributed by atoms with Crippen LogP contribution < -0.4 is 11.0 Å². The van der Waals surface area contributed by atoms with Crippen LogP contribution in [0, 0.1) is 5.92 Å². The molecule has 4 heterocycles. The Morgan fingerprint density at radius 3 is 2.62 bits per heavy atom. The van der Waals surface area contributed by atoms with E-state index in [1.807, 2.05) is 23.3 Å². The van der Waals surface area contributed by atoms with Gasteiger partial charge in [-0.25, -0.2) is 18.4 Å². The van der Waals surface area contributed by atoms with Crippen molar-refractivity contribution >= 4 is 27.7 Å². The van der Waals surface area contributed by atoms with E-state index in [0.717, 1.165) is 55.1 Å². The number of sulfone groups is 1. The van der Waals surface area contributed by atoms with E-state index in [-0.39, 0.29) is 0 Å². The van der Waals surface area contributed by atoms with Gasteiger partial charge in [-0.3, -0.25) is 4.90 Å². The predicted octanol–water partition coefficient (Wildman–Crippen LogP) is 2.00. The van der Waals surface area contributed by atoms with Gasteiger partial charge in [0.2, 0.25) is 0 Å². The Morgan fingerprint density at radius 2 is 1.90 bits per heavy atom. The van der Waals surface area contributed by atoms with Crippen molar-refractivity contribution in [1.82, 2.24) is 25.9 Å². The van der Waals surface area contributed by atoms with Crippen LogP contribution in [0.4, 0.5) is 5.82 Å². The number of hydrogen-bond acceptors (Lipinski definition) is 7. The second-order valence-electron chi connectivity index (χ2n) is 7.82. The number of nitrogens with one attached hydrogen (secondary N) is 3. The van der Waals surface area contributed by atoms with Crippen LogP contribution in [0.5, 0.6) is 0 Å². The summed E-state index contributed by atoms with van der Waals surface area (Å²) in [7, 11) is -3.14. The molecule has 0 bridgehead atoms. The summed E-state index contributed by atoms with van der Waals surface area (Å²) in [6.45, 7) is 2.85. The lowest BCUT2D eigenvalue weighted by Gasteiger charge is -2.32. The molecule has 1 saturated heterocycles. The second-order valence-corrected chi connectivity index (χ2v) is 9.84. The summed E-state index contributed by atoms with van der Waals surface area (Å²) >= 11 is 0. The van der Waals surface area contributed by atoms with Gasteiger partial charge in [0.1, 0.15) is 12.2 Å². The Labute approximate surface area is 170 Å². The topological polar surface area (TPSA) is 92.8 Å². The van der Waals surface area contributed by atoms with Crippen molar-refractivity contribution in [3.63, 3.8) is 0 Å². The molecule has 0 aliphatic carbocycles. The third kappa shape index (κ3) is 3.45. The molecule has 3 aliphatic rings. The molecule has 3 N–H and O–H groups in total. The highest BCUT2D eigenvalue weighted by molar-refractivity contribution is 7.90. The standard InChI is InChI=1S/C20H24N6O2S/c1-29(27,28)16-4-2-14(3-5-16)12-25-10-7-15(8-11-25)18-19-17-6-9-21-20(17)22-13-26(19)24-23-18/h2-6,9,13,15,21,23-24H,7-8,10-12H2,1H3. The Bertz CT molecular complexity index is 1080. The summed E-state index contributed by atoms with van der Waals surface area (Å²) in [6, 6.07) is 9.31. The van der Waals surface area contributed by atoms with E-state index in [2.05, 4.69) is 31.9 Å². The summed E-state index contributed by atoms with van der Waals surface area (Å²) in [5.74, 6) is 1.36. The fourth-order valence-corrected chi connectivity index (χ4v) is 4.91. The molecule has 0 saturated carbocycles. The molecule has 9 heteroatoms. The predicted molar refractivity (Wildman–Crippen MR) is 112 cm³/mol. The molecule has 1 aromatic heterocycles. The van der Waals surface area contributed by atoms with Gasteiger partial charge in [0.05, 0.1) is 16.3 Å². The summed E-state index contributed by atoms with van der Waals surface area (Å²) in [4.78, 5) is 10.4. The van der Waals surface area contributed by atoms with E-state index in [4.69, 9.17) is 0 Å². The lowest BCUT2D eigenvalue weighted by molar-refractivity contribution is 0.188. The Morgan fingerprint density at radius 1 is 1.14 bits per heavy atom. The highest BCUT2D eigenvalue weighted by atomic mass is 32.2. The number of fused-ring (bicyclic) bond motifs is 3. The minimum absolute atomic E-state index is 0.373. The van der Waals surface area contributed by atoms with Crippen molar-refractivity contribution in [1.29, 1.82) is 0 Å². The molecule has 3 aliphatic heterocycles. The van der Waals surface area contributed by atoms with Crippen LogP contribution in [0.2, 0.25) is 0 Å². The van der Waals surface area contributed by atoms with Gasteiger partial charge < -0.3 is 10.4 Å². The molecular weight excluding hydrogens is 388 g/mol. The fraction of sp³-hybridized carbons (Fsp3) is 0.350. The lowest BCUT2D eigenvalue weighted by atomic mass is 9.91. The monoisotopic (exact) mass is 412 g/mol. The molecule has 0 radical (unpaired) electrons. The van der Waals surface area contributed by atoms with Crippen LogP contribution >= 0.6 is 0 Å². The number of aromatic amines is 1. The van der Waals surface area contributed by atoms with Gasteiger partial charge in [-0.05, 0) is 49.7 Å². The number of benzene rings is 1. The molecule has 0 amide bonds. The molecule has 2 aromatic rings. The molecular formula is C20H24N6O2S. The molecule has 29 heavy (non-hydrogen) atoms. The Balaban J connectivity index is 1.26. The maximum absolute atomic E-state index is 11.6. The van der Waals surface area contributed by atoms with Crippen LogP contribution in [-0.2, 0) is 16.4 Å². The normalized spacial score (nSPS) is 20.0. The first-order valence-corrected chi connectivity index (χ1v) is 11.7. The summed E-state index contributed by atoms with van der Waals surface area (Å²) in [6.07, 6.45) is 7.10. The number of aromatic nitrogens is 1. The second kappa shape index (κ2) is 7.01. The first kappa shape index (κ1) is 18.4. The molecule has 1 aromatic carbocycles. The quantitative estimate of drug-likeness (QED) is 0.711. The van der Waals surface area contributed by atoms with Crippen LogP contribution in [0.3, 0.4) is 0 Å². The zero-order valence-electron chi connectivity index (χ0n) is 16.2. The number of rotatable bonds is 4. The van der Waals surface area contributed by atoms with Gasteiger partial charge in [0.25, 0.3) is 0 Å². The average molecular weight is 413 g/mol. The van der Waals surface area contributed by atoms with E-state index in [1.165, 1.54) is 12.0 Å². The maximum atomic E-state index is 11.6. The first-order chi connectivity index (χ1) is 14.0. The smallest absolute Gasteiger partial charge is 0.175 e. The zero-order valence-corrected chi connectivity index (χ0v) is 17.0. The Hall–Kier alpha value is -2.62. The third-order valence-corrected chi connectivity index (χ3v) is 6.97. The van der Waals surface area contributed by atoms with Crippen LogP contribution in [-0.4, -0.2) is 49.0 Å². The van der Waals surface area contributed by atoms with Gasteiger partial charge in [-0.15, -0.1) is 5.53 Å². The number of H-pyrrole nitrogens is 1. The number of hydrazine groups is 2. The summed E-state index contributed by atoms with van der Waals surface area (Å²) in [5.41, 5.74) is 11.2. The first-order valence-electron chi connectivity index (χ1n) is 9.77. The SMILES string of the molecule is CS(=O)(=O)c1ccc(CN2CCC(C3=C4c5cc[nH]c5N=CN4NN3)CC2)cc1. The number of piperidine rings is 1. The molecule has 0 unspecified atom stereocenters. The van der Waals surface area contributed by atoms with Gasteiger partial charge in [-0.2, -0.15) is 0 Å². The van der Waals surface area contributed by atoms with Crippen molar-refractivity contribution in [2.45, 2.75) is 24.3 Å². The summed E-state index contributed by atoms with van der Waals surface area (Å²) in [5, 5.41) is 1.95. The van der Waals surface area contributed by atoms with Crippen molar-refractivity contribution in [3.8, 4) is 0 Å². The number of allylic oxidation sites excluding steroid dienone is 1. The molecule has 0 spiro atoms. The lowest BCUT2D eigenvalue weighted by Crippen LogP contribution is -2.39. The largest absolute Gasteiger partial charge is 0.346 e. The van der Waals surface area contributed by atoms with Gasteiger partial charge in [-0.1, -0.05) is 12.1 Å². The van der Waals surface area contributed by atoms with Gasteiger partial charge >= 0.3 is 0 Å². The zero-order chi connectivity index (χ0) is 20.0. The highest BCUT2D eigenvalue weighted by Crippen LogP contribution is 2.38. The molecule has 1 fully saturated rings. The minimum Gasteiger partial charge on any atom is -0.346 e. The fourth-order valence-electron chi connectivity index (χ4n) is 4.28. The van der Waals surface area contributed by atoms with E-state index in [9.17, 15) is 8.42 Å². The minimum atomic E-state index is -3.14. The highest BCUT2D eigenvalue weighted by Gasteiger charge is 2.33.